The van der Waals surface area contributed by atoms with Crippen molar-refractivity contribution in [2.45, 2.75) is 70.7 Å². The molecule has 4 aliphatic rings. The maximum Gasteiger partial charge on any atom is 0.134 e. The Morgan fingerprint density at radius 2 is 1.91 bits per heavy atom. The molecule has 0 heterocycles. The monoisotopic (exact) mass is 300 g/mol. The first-order valence-electron chi connectivity index (χ1n) is 9.28. The van der Waals surface area contributed by atoms with Gasteiger partial charge in [-0.2, -0.15) is 0 Å². The molecule has 3 heteroatoms. The molecule has 3 fully saturated rings. The summed E-state index contributed by atoms with van der Waals surface area (Å²) in [6.07, 6.45) is 9.84. The molecule has 0 aromatic rings. The molecule has 0 radical (unpaired) electrons. The van der Waals surface area contributed by atoms with E-state index in [9.17, 15) is 9.90 Å². The van der Waals surface area contributed by atoms with Crippen LogP contribution in [0.2, 0.25) is 5.82 Å². The minimum absolute atomic E-state index is 0.0452. The van der Waals surface area contributed by atoms with E-state index in [1.54, 1.807) is 0 Å². The maximum atomic E-state index is 12.7. The molecule has 5 unspecified atom stereocenters. The van der Waals surface area contributed by atoms with Crippen molar-refractivity contribution in [1.82, 2.24) is 0 Å². The average Bonchev–Trinajstić information content (AvgIpc) is 2.72. The first-order valence-corrected chi connectivity index (χ1v) is 9.28. The van der Waals surface area contributed by atoms with Crippen LogP contribution in [0.25, 0.3) is 0 Å². The molecule has 4 aliphatic carbocycles. The summed E-state index contributed by atoms with van der Waals surface area (Å²) >= 11 is 0. The highest BCUT2D eigenvalue weighted by Crippen LogP contribution is 2.65. The summed E-state index contributed by atoms with van der Waals surface area (Å²) in [5.41, 5.74) is 1.77. The van der Waals surface area contributed by atoms with Crippen LogP contribution in [-0.4, -0.2) is 24.8 Å². The van der Waals surface area contributed by atoms with E-state index in [-0.39, 0.29) is 17.3 Å². The van der Waals surface area contributed by atoms with Crippen molar-refractivity contribution in [2.75, 3.05) is 0 Å². The number of hydrogen-bond acceptors (Lipinski definition) is 2. The van der Waals surface area contributed by atoms with Crippen molar-refractivity contribution in [3.05, 3.63) is 11.6 Å². The lowest BCUT2D eigenvalue weighted by Gasteiger charge is -2.56. The average molecular weight is 300 g/mol. The van der Waals surface area contributed by atoms with E-state index < -0.39 is 0 Å². The summed E-state index contributed by atoms with van der Waals surface area (Å²) < 4.78 is 0. The SMILES string of the molecule is B[C@@H]1CC2C3CC=C4C[C@H](O)CCC4(C)C3CCC2(C)C1=O. The third-order valence-electron chi connectivity index (χ3n) is 8.09. The first kappa shape index (κ1) is 15.0. The van der Waals surface area contributed by atoms with Gasteiger partial charge in [0.25, 0.3) is 0 Å². The lowest BCUT2D eigenvalue weighted by molar-refractivity contribution is -0.131. The summed E-state index contributed by atoms with van der Waals surface area (Å²) in [5.74, 6) is 2.82. The number of aliphatic hydroxyl groups excluding tert-OH is 1. The molecule has 0 amide bonds. The van der Waals surface area contributed by atoms with Gasteiger partial charge < -0.3 is 5.11 Å². The highest BCUT2D eigenvalue weighted by atomic mass is 16.3. The topological polar surface area (TPSA) is 37.3 Å². The van der Waals surface area contributed by atoms with Crippen LogP contribution in [0.3, 0.4) is 0 Å². The van der Waals surface area contributed by atoms with Crippen LogP contribution in [0.4, 0.5) is 0 Å². The smallest absolute Gasteiger partial charge is 0.134 e. The van der Waals surface area contributed by atoms with Gasteiger partial charge in [-0.15, -0.1) is 0 Å². The van der Waals surface area contributed by atoms with Crippen LogP contribution in [0.15, 0.2) is 11.6 Å². The van der Waals surface area contributed by atoms with E-state index >= 15 is 0 Å². The molecule has 120 valence electrons. The molecular formula is C19H29BO2. The lowest BCUT2D eigenvalue weighted by Crippen LogP contribution is -2.50. The summed E-state index contributed by atoms with van der Waals surface area (Å²) in [4.78, 5) is 12.7. The van der Waals surface area contributed by atoms with Gasteiger partial charge in [0.15, 0.2) is 0 Å². The van der Waals surface area contributed by atoms with E-state index in [1.165, 1.54) is 12.0 Å². The third kappa shape index (κ3) is 1.81. The number of ketones is 1. The highest BCUT2D eigenvalue weighted by molar-refractivity contribution is 6.26. The van der Waals surface area contributed by atoms with Crippen molar-refractivity contribution in [3.8, 4) is 0 Å². The van der Waals surface area contributed by atoms with Crippen LogP contribution in [0.1, 0.15) is 58.8 Å². The molecule has 0 bridgehead atoms. The lowest BCUT2D eigenvalue weighted by atomic mass is 9.48. The molecule has 0 spiro atoms. The summed E-state index contributed by atoms with van der Waals surface area (Å²) in [5, 5.41) is 10.0. The Bertz CT molecular complexity index is 542. The first-order chi connectivity index (χ1) is 10.4. The normalized spacial score (nSPS) is 54.2. The Hall–Kier alpha value is -0.565. The number of carbonyl (C=O) groups excluding carboxylic acids is 1. The number of rotatable bonds is 0. The molecule has 0 aromatic heterocycles. The van der Waals surface area contributed by atoms with Crippen LogP contribution < -0.4 is 0 Å². The second kappa shape index (κ2) is 4.72. The van der Waals surface area contributed by atoms with Gasteiger partial charge in [-0.25, -0.2) is 0 Å². The zero-order valence-corrected chi connectivity index (χ0v) is 14.3. The zero-order chi connectivity index (χ0) is 15.7. The Balaban J connectivity index is 1.70. The molecule has 4 rings (SSSR count). The molecule has 7 atom stereocenters. The fourth-order valence-electron chi connectivity index (χ4n) is 6.75. The molecule has 0 saturated heterocycles. The van der Waals surface area contributed by atoms with Crippen molar-refractivity contribution in [3.63, 3.8) is 0 Å². The highest BCUT2D eigenvalue weighted by Gasteiger charge is 2.60. The number of hydrogen-bond donors (Lipinski definition) is 1. The van der Waals surface area contributed by atoms with E-state index in [0.717, 1.165) is 44.4 Å². The summed E-state index contributed by atoms with van der Waals surface area (Å²) in [6, 6.07) is 0. The fraction of sp³-hybridized carbons (Fsp3) is 0.842. The van der Waals surface area contributed by atoms with Crippen molar-refractivity contribution < 1.29 is 9.90 Å². The number of allylic oxidation sites excluding steroid dienone is 1. The third-order valence-corrected chi connectivity index (χ3v) is 8.09. The number of aliphatic hydroxyl groups is 1. The van der Waals surface area contributed by atoms with Gasteiger partial charge in [0.2, 0.25) is 0 Å². The Kier molecular flexibility index (Phi) is 3.22. The number of fused-ring (bicyclic) bond motifs is 5. The van der Waals surface area contributed by atoms with Gasteiger partial charge in [-0.1, -0.05) is 25.5 Å². The zero-order valence-electron chi connectivity index (χ0n) is 14.3. The van der Waals surface area contributed by atoms with Crippen molar-refractivity contribution in [2.24, 2.45) is 28.6 Å². The number of carbonyl (C=O) groups is 1. The minimum Gasteiger partial charge on any atom is -0.393 e. The van der Waals surface area contributed by atoms with Crippen LogP contribution in [0.5, 0.6) is 0 Å². The maximum absolute atomic E-state index is 12.7. The Morgan fingerprint density at radius 3 is 2.68 bits per heavy atom. The molecule has 0 aliphatic heterocycles. The molecular weight excluding hydrogens is 271 g/mol. The second-order valence-electron chi connectivity index (χ2n) is 9.11. The van der Waals surface area contributed by atoms with Crippen LogP contribution in [-0.2, 0) is 4.79 Å². The Morgan fingerprint density at radius 1 is 1.18 bits per heavy atom. The fourth-order valence-corrected chi connectivity index (χ4v) is 6.75. The summed E-state index contributed by atoms with van der Waals surface area (Å²) in [6.45, 7) is 4.70. The molecule has 3 saturated carbocycles. The summed E-state index contributed by atoms with van der Waals surface area (Å²) in [7, 11) is 2.14. The van der Waals surface area contributed by atoms with Gasteiger partial charge in [0.05, 0.1) is 6.10 Å². The van der Waals surface area contributed by atoms with Crippen LogP contribution in [0, 0.1) is 28.6 Å². The van der Waals surface area contributed by atoms with Crippen molar-refractivity contribution >= 4 is 13.6 Å². The number of Topliss-reactive ketones (excluding diaryl/α,β-unsaturated/α-hetero) is 1. The van der Waals surface area contributed by atoms with Gasteiger partial charge in [0.1, 0.15) is 13.6 Å². The molecule has 2 nitrogen and oxygen atoms in total. The van der Waals surface area contributed by atoms with Gasteiger partial charge in [-0.05, 0) is 73.9 Å². The Labute approximate surface area is 135 Å². The quantitative estimate of drug-likeness (QED) is 0.552. The van der Waals surface area contributed by atoms with E-state index in [0.29, 0.717) is 23.0 Å². The van der Waals surface area contributed by atoms with Gasteiger partial charge in [0, 0.05) is 5.41 Å². The van der Waals surface area contributed by atoms with Crippen LogP contribution >= 0.6 is 0 Å². The largest absolute Gasteiger partial charge is 0.393 e. The standard InChI is InChI=1S/C19H29BO2/c1-18-7-5-12(21)9-11(18)3-4-13-14(18)6-8-19(2)15(13)10-16(20)17(19)22/h3,12-16,21H,4-10,20H2,1-2H3/t12-,13?,14?,15?,16-,18?,19?/m1/s1. The van der Waals surface area contributed by atoms with E-state index in [4.69, 9.17) is 0 Å². The second-order valence-corrected chi connectivity index (χ2v) is 9.11. The predicted molar refractivity (Wildman–Crippen MR) is 90.4 cm³/mol. The molecule has 22 heavy (non-hydrogen) atoms. The van der Waals surface area contributed by atoms with Gasteiger partial charge >= 0.3 is 0 Å². The molecule has 1 N–H and O–H groups in total. The predicted octanol–water partition coefficient (Wildman–Crippen LogP) is 2.91. The van der Waals surface area contributed by atoms with Crippen molar-refractivity contribution in [1.29, 1.82) is 0 Å². The van der Waals surface area contributed by atoms with Gasteiger partial charge in [-0.3, -0.25) is 4.79 Å². The minimum atomic E-state index is -0.127. The molecule has 0 aromatic carbocycles. The van der Waals surface area contributed by atoms with E-state index in [1.807, 2.05) is 0 Å². The van der Waals surface area contributed by atoms with E-state index in [2.05, 4.69) is 27.8 Å².